The lowest BCUT2D eigenvalue weighted by molar-refractivity contribution is 0.302. The molecule has 2 aromatic carbocycles. The maximum atomic E-state index is 11.4. The lowest BCUT2D eigenvalue weighted by atomic mass is 10.1. The Kier molecular flexibility index (Phi) is 6.39. The van der Waals surface area contributed by atoms with Gasteiger partial charge in [0.05, 0.1) is 19.1 Å². The summed E-state index contributed by atoms with van der Waals surface area (Å²) in [7, 11) is -4.61. The topological polar surface area (TPSA) is 109 Å². The number of nitrogens with one attached hydrogen (secondary N) is 2. The molecule has 2 N–H and O–H groups in total. The summed E-state index contributed by atoms with van der Waals surface area (Å²) < 4.78 is 56.1. The van der Waals surface area contributed by atoms with Gasteiger partial charge in [-0.25, -0.2) is 16.8 Å². The Morgan fingerprint density at radius 1 is 0.867 bits per heavy atom. The minimum atomic E-state index is -3.33. The average Bonchev–Trinajstić information content (AvgIpc) is 3.00. The summed E-state index contributed by atoms with van der Waals surface area (Å²) >= 11 is 0. The van der Waals surface area contributed by atoms with Gasteiger partial charge >= 0.3 is 0 Å². The van der Waals surface area contributed by atoms with E-state index in [0.29, 0.717) is 23.5 Å². The second-order valence-corrected chi connectivity index (χ2v) is 10.9. The van der Waals surface area contributed by atoms with Gasteiger partial charge in [0.1, 0.15) is 11.3 Å². The molecule has 0 saturated carbocycles. The molecule has 0 spiro atoms. The number of furan rings is 1. The minimum Gasteiger partial charge on any atom is -0.460 e. The fourth-order valence-corrected chi connectivity index (χ4v) is 4.19. The molecule has 0 amide bonds. The predicted octanol–water partition coefficient (Wildman–Crippen LogP) is 2.85. The SMILES string of the molecule is CN(CCc1ccc(NS(C)(=O)=O)cc1)Cc1cc2cc(NS(C)(=O)=O)ccc2o1. The van der Waals surface area contributed by atoms with Crippen molar-refractivity contribution in [1.29, 1.82) is 0 Å². The predicted molar refractivity (Wildman–Crippen MR) is 120 cm³/mol. The first kappa shape index (κ1) is 22.1. The largest absolute Gasteiger partial charge is 0.460 e. The summed E-state index contributed by atoms with van der Waals surface area (Å²) in [5.41, 5.74) is 2.84. The Labute approximate surface area is 177 Å². The molecule has 3 rings (SSSR count). The molecule has 0 unspecified atom stereocenters. The van der Waals surface area contributed by atoms with Crippen molar-refractivity contribution in [2.45, 2.75) is 13.0 Å². The van der Waals surface area contributed by atoms with Crippen molar-refractivity contribution in [1.82, 2.24) is 4.90 Å². The van der Waals surface area contributed by atoms with Crippen molar-refractivity contribution >= 4 is 42.4 Å². The molecule has 0 aliphatic carbocycles. The van der Waals surface area contributed by atoms with E-state index in [4.69, 9.17) is 4.42 Å². The maximum absolute atomic E-state index is 11.4. The molecule has 8 nitrogen and oxygen atoms in total. The van der Waals surface area contributed by atoms with Gasteiger partial charge in [-0.2, -0.15) is 0 Å². The number of benzene rings is 2. The zero-order valence-electron chi connectivity index (χ0n) is 17.0. The van der Waals surface area contributed by atoms with Crippen LogP contribution in [0.3, 0.4) is 0 Å². The summed E-state index contributed by atoms with van der Waals surface area (Å²) in [4.78, 5) is 2.12. The maximum Gasteiger partial charge on any atom is 0.229 e. The third-order valence-corrected chi connectivity index (χ3v) is 5.55. The second kappa shape index (κ2) is 8.66. The van der Waals surface area contributed by atoms with Crippen LogP contribution in [0.25, 0.3) is 11.0 Å². The summed E-state index contributed by atoms with van der Waals surface area (Å²) in [6, 6.07) is 14.4. The van der Waals surface area contributed by atoms with Crippen LogP contribution in [-0.2, 0) is 33.0 Å². The standard InChI is InChI=1S/C20H25N3O5S2/c1-23(11-10-15-4-6-17(7-5-15)21-29(2,24)25)14-19-13-16-12-18(22-30(3,26)27)8-9-20(16)28-19/h4-9,12-13,21-22H,10-11,14H2,1-3H3. The van der Waals surface area contributed by atoms with E-state index in [1.807, 2.05) is 25.2 Å². The van der Waals surface area contributed by atoms with E-state index in [9.17, 15) is 16.8 Å². The number of hydrogen-bond acceptors (Lipinski definition) is 6. The van der Waals surface area contributed by atoms with Crippen molar-refractivity contribution < 1.29 is 21.3 Å². The summed E-state index contributed by atoms with van der Waals surface area (Å²) in [6.07, 6.45) is 3.04. The van der Waals surface area contributed by atoms with Crippen LogP contribution in [0.15, 0.2) is 52.9 Å². The van der Waals surface area contributed by atoms with Crippen molar-refractivity contribution in [3.05, 3.63) is 59.9 Å². The number of nitrogens with zero attached hydrogens (tertiary/aromatic N) is 1. The van der Waals surface area contributed by atoms with Gasteiger partial charge in [-0.05, 0) is 55.4 Å². The van der Waals surface area contributed by atoms with Gasteiger partial charge in [0.25, 0.3) is 0 Å². The third kappa shape index (κ3) is 6.75. The van der Waals surface area contributed by atoms with Gasteiger partial charge in [0.2, 0.25) is 20.0 Å². The highest BCUT2D eigenvalue weighted by molar-refractivity contribution is 7.92. The Bertz CT molecular complexity index is 1230. The van der Waals surface area contributed by atoms with Crippen molar-refractivity contribution in [3.63, 3.8) is 0 Å². The highest BCUT2D eigenvalue weighted by Gasteiger charge is 2.10. The van der Waals surface area contributed by atoms with E-state index < -0.39 is 20.0 Å². The molecule has 162 valence electrons. The Morgan fingerprint density at radius 3 is 2.10 bits per heavy atom. The van der Waals surface area contributed by atoms with Crippen LogP contribution in [0.1, 0.15) is 11.3 Å². The van der Waals surface area contributed by atoms with Crippen LogP contribution < -0.4 is 9.44 Å². The zero-order chi connectivity index (χ0) is 21.9. The average molecular weight is 452 g/mol. The summed E-state index contributed by atoms with van der Waals surface area (Å²) in [6.45, 7) is 1.40. The Hall–Kier alpha value is -2.56. The first-order valence-corrected chi connectivity index (χ1v) is 13.0. The molecule has 30 heavy (non-hydrogen) atoms. The normalized spacial score (nSPS) is 12.4. The fraction of sp³-hybridized carbons (Fsp3) is 0.300. The fourth-order valence-electron chi connectivity index (χ4n) is 3.07. The van der Waals surface area contributed by atoms with E-state index in [-0.39, 0.29) is 0 Å². The highest BCUT2D eigenvalue weighted by Crippen LogP contribution is 2.24. The lowest BCUT2D eigenvalue weighted by Gasteiger charge is -2.15. The third-order valence-electron chi connectivity index (χ3n) is 4.34. The molecule has 0 saturated heterocycles. The van der Waals surface area contributed by atoms with Crippen molar-refractivity contribution in [2.75, 3.05) is 35.5 Å². The Balaban J connectivity index is 1.58. The van der Waals surface area contributed by atoms with Crippen LogP contribution in [0.5, 0.6) is 0 Å². The van der Waals surface area contributed by atoms with E-state index in [2.05, 4.69) is 14.3 Å². The minimum absolute atomic E-state index is 0.500. The molecule has 0 aliphatic rings. The molecule has 0 atom stereocenters. The Morgan fingerprint density at radius 2 is 1.47 bits per heavy atom. The number of fused-ring (bicyclic) bond motifs is 1. The highest BCUT2D eigenvalue weighted by atomic mass is 32.2. The van der Waals surface area contributed by atoms with Crippen LogP contribution in [0.4, 0.5) is 11.4 Å². The molecule has 0 radical (unpaired) electrons. The molecule has 1 aromatic heterocycles. The lowest BCUT2D eigenvalue weighted by Crippen LogP contribution is -2.20. The van der Waals surface area contributed by atoms with Gasteiger partial charge < -0.3 is 4.42 Å². The van der Waals surface area contributed by atoms with Gasteiger partial charge in [0.15, 0.2) is 0 Å². The van der Waals surface area contributed by atoms with Crippen LogP contribution >= 0.6 is 0 Å². The number of anilines is 2. The number of hydrogen-bond donors (Lipinski definition) is 2. The van der Waals surface area contributed by atoms with Gasteiger partial charge in [-0.1, -0.05) is 12.1 Å². The van der Waals surface area contributed by atoms with Crippen LogP contribution in [-0.4, -0.2) is 47.8 Å². The number of rotatable bonds is 9. The monoisotopic (exact) mass is 451 g/mol. The van der Waals surface area contributed by atoms with Crippen LogP contribution in [0, 0.1) is 0 Å². The smallest absolute Gasteiger partial charge is 0.229 e. The molecular formula is C20H25N3O5S2. The molecule has 10 heteroatoms. The van der Waals surface area contributed by atoms with E-state index >= 15 is 0 Å². The molecule has 0 fully saturated rings. The first-order chi connectivity index (χ1) is 14.0. The van der Waals surface area contributed by atoms with E-state index in [1.54, 1.807) is 30.3 Å². The molecular weight excluding hydrogens is 426 g/mol. The zero-order valence-corrected chi connectivity index (χ0v) is 18.7. The van der Waals surface area contributed by atoms with Gasteiger partial charge in [-0.3, -0.25) is 14.3 Å². The number of likely N-dealkylation sites (N-methyl/N-ethyl adjacent to an activating group) is 1. The molecule has 0 aliphatic heterocycles. The number of sulfonamides is 2. The molecule has 3 aromatic rings. The first-order valence-electron chi connectivity index (χ1n) is 9.22. The van der Waals surface area contributed by atoms with Crippen molar-refractivity contribution in [3.8, 4) is 0 Å². The molecule has 0 bridgehead atoms. The van der Waals surface area contributed by atoms with E-state index in [1.165, 1.54) is 0 Å². The molecule has 1 heterocycles. The second-order valence-electron chi connectivity index (χ2n) is 7.40. The quantitative estimate of drug-likeness (QED) is 0.518. The summed E-state index contributed by atoms with van der Waals surface area (Å²) in [5.74, 6) is 0.789. The van der Waals surface area contributed by atoms with Gasteiger partial charge in [-0.15, -0.1) is 0 Å². The summed E-state index contributed by atoms with van der Waals surface area (Å²) in [5, 5.41) is 0.834. The van der Waals surface area contributed by atoms with Crippen molar-refractivity contribution in [2.24, 2.45) is 0 Å². The van der Waals surface area contributed by atoms with Gasteiger partial charge in [0, 0.05) is 23.3 Å². The van der Waals surface area contributed by atoms with E-state index in [0.717, 1.165) is 42.2 Å². The van der Waals surface area contributed by atoms with Crippen LogP contribution in [0.2, 0.25) is 0 Å².